The van der Waals surface area contributed by atoms with Crippen LogP contribution in [0.5, 0.6) is 0 Å². The summed E-state index contributed by atoms with van der Waals surface area (Å²) in [6, 6.07) is 5.99. The van der Waals surface area contributed by atoms with E-state index in [4.69, 9.17) is 16.4 Å². The van der Waals surface area contributed by atoms with Crippen molar-refractivity contribution in [3.8, 4) is 0 Å². The van der Waals surface area contributed by atoms with Crippen LogP contribution in [-0.4, -0.2) is 19.2 Å². The van der Waals surface area contributed by atoms with Gasteiger partial charge in [-0.05, 0) is 40.3 Å². The number of hydroxylamine groups is 2. The molecule has 0 atom stereocenters. The van der Waals surface area contributed by atoms with Crippen molar-refractivity contribution in [2.75, 3.05) is 14.2 Å². The van der Waals surface area contributed by atoms with E-state index in [0.717, 1.165) is 14.2 Å². The van der Waals surface area contributed by atoms with Gasteiger partial charge in [0.15, 0.2) is 0 Å². The summed E-state index contributed by atoms with van der Waals surface area (Å²) in [5.74, 6) is 0. The van der Waals surface area contributed by atoms with Gasteiger partial charge in [0, 0.05) is 15.6 Å². The third kappa shape index (κ3) is 3.42. The lowest BCUT2D eigenvalue weighted by Gasteiger charge is -2.14. The Morgan fingerprint density at radius 3 is 2.77 bits per heavy atom. The summed E-state index contributed by atoms with van der Waals surface area (Å²) in [4.78, 5) is 5.01. The smallest absolute Gasteiger partial charge is 0.0575 e. The van der Waals surface area contributed by atoms with Gasteiger partial charge < -0.3 is 4.84 Å². The van der Waals surface area contributed by atoms with E-state index in [1.807, 2.05) is 25.2 Å². The predicted molar refractivity (Wildman–Crippen MR) is 62.6 cm³/mol. The first kappa shape index (κ1) is 11.2. The van der Waals surface area contributed by atoms with Crippen LogP contribution in [0.1, 0.15) is 5.56 Å². The SMILES string of the molecule is CON(C)Cc1ccc(I)cc1Cl. The van der Waals surface area contributed by atoms with E-state index in [9.17, 15) is 0 Å². The molecule has 13 heavy (non-hydrogen) atoms. The van der Waals surface area contributed by atoms with Crippen molar-refractivity contribution in [3.05, 3.63) is 32.4 Å². The van der Waals surface area contributed by atoms with Crippen LogP contribution in [0, 0.1) is 3.57 Å². The molecule has 0 fully saturated rings. The standard InChI is InChI=1S/C9H11ClINO/c1-12(13-2)6-7-3-4-8(11)5-9(7)10/h3-5H,6H2,1-2H3. The van der Waals surface area contributed by atoms with E-state index in [1.54, 1.807) is 12.2 Å². The molecule has 2 nitrogen and oxygen atoms in total. The Kier molecular flexibility index (Phi) is 4.45. The summed E-state index contributed by atoms with van der Waals surface area (Å²) < 4.78 is 1.14. The van der Waals surface area contributed by atoms with E-state index >= 15 is 0 Å². The maximum atomic E-state index is 6.04. The number of rotatable bonds is 3. The highest BCUT2D eigenvalue weighted by atomic mass is 127. The van der Waals surface area contributed by atoms with Gasteiger partial charge in [-0.1, -0.05) is 17.7 Å². The number of benzene rings is 1. The van der Waals surface area contributed by atoms with Crippen LogP contribution in [0.3, 0.4) is 0 Å². The molecule has 0 saturated carbocycles. The molecular weight excluding hydrogens is 300 g/mol. The Hall–Kier alpha value is 0.160. The second kappa shape index (κ2) is 5.14. The minimum atomic E-state index is 0.701. The summed E-state index contributed by atoms with van der Waals surface area (Å²) in [5.41, 5.74) is 1.08. The normalized spacial score (nSPS) is 10.8. The van der Waals surface area contributed by atoms with Gasteiger partial charge in [0.25, 0.3) is 0 Å². The second-order valence-electron chi connectivity index (χ2n) is 2.70. The Morgan fingerprint density at radius 2 is 2.23 bits per heavy atom. The molecule has 0 radical (unpaired) electrons. The Labute approximate surface area is 96.9 Å². The molecule has 4 heteroatoms. The molecule has 0 amide bonds. The van der Waals surface area contributed by atoms with Crippen molar-refractivity contribution in [2.24, 2.45) is 0 Å². The lowest BCUT2D eigenvalue weighted by atomic mass is 10.2. The van der Waals surface area contributed by atoms with Crippen molar-refractivity contribution in [1.82, 2.24) is 5.06 Å². The Balaban J connectivity index is 2.77. The third-order valence-electron chi connectivity index (χ3n) is 1.72. The van der Waals surface area contributed by atoms with E-state index in [2.05, 4.69) is 22.6 Å². The van der Waals surface area contributed by atoms with E-state index in [-0.39, 0.29) is 0 Å². The van der Waals surface area contributed by atoms with Crippen LogP contribution >= 0.6 is 34.2 Å². The molecule has 0 heterocycles. The minimum absolute atomic E-state index is 0.701. The number of hydrogen-bond acceptors (Lipinski definition) is 2. The highest BCUT2D eigenvalue weighted by Gasteiger charge is 2.03. The van der Waals surface area contributed by atoms with Crippen LogP contribution in [0.4, 0.5) is 0 Å². The van der Waals surface area contributed by atoms with Crippen molar-refractivity contribution in [1.29, 1.82) is 0 Å². The van der Waals surface area contributed by atoms with Gasteiger partial charge in [-0.3, -0.25) is 0 Å². The fourth-order valence-electron chi connectivity index (χ4n) is 0.954. The molecule has 0 aliphatic heterocycles. The van der Waals surface area contributed by atoms with Gasteiger partial charge in [0.05, 0.1) is 13.7 Å². The first-order chi connectivity index (χ1) is 6.13. The molecular formula is C9H11ClINO. The summed E-state index contributed by atoms with van der Waals surface area (Å²) in [6.45, 7) is 0.701. The number of hydrogen-bond donors (Lipinski definition) is 0. The number of nitrogens with zero attached hydrogens (tertiary/aromatic N) is 1. The fourth-order valence-corrected chi connectivity index (χ4v) is 1.87. The summed E-state index contributed by atoms with van der Waals surface area (Å²) in [5, 5.41) is 2.52. The van der Waals surface area contributed by atoms with Gasteiger partial charge in [-0.2, -0.15) is 5.06 Å². The minimum Gasteiger partial charge on any atom is -0.302 e. The zero-order valence-corrected chi connectivity index (χ0v) is 10.5. The van der Waals surface area contributed by atoms with E-state index in [0.29, 0.717) is 6.54 Å². The maximum Gasteiger partial charge on any atom is 0.0575 e. The van der Waals surface area contributed by atoms with Crippen molar-refractivity contribution < 1.29 is 4.84 Å². The molecule has 72 valence electrons. The van der Waals surface area contributed by atoms with Crippen LogP contribution in [0.2, 0.25) is 5.02 Å². The largest absolute Gasteiger partial charge is 0.302 e. The molecule has 0 saturated heterocycles. The highest BCUT2D eigenvalue weighted by molar-refractivity contribution is 14.1. The molecule has 1 aromatic carbocycles. The fraction of sp³-hybridized carbons (Fsp3) is 0.333. The third-order valence-corrected chi connectivity index (χ3v) is 2.74. The Morgan fingerprint density at radius 1 is 1.54 bits per heavy atom. The van der Waals surface area contributed by atoms with Crippen molar-refractivity contribution in [3.63, 3.8) is 0 Å². The lowest BCUT2D eigenvalue weighted by Crippen LogP contribution is -2.15. The molecule has 0 unspecified atom stereocenters. The van der Waals surface area contributed by atoms with E-state index in [1.165, 1.54) is 0 Å². The highest BCUT2D eigenvalue weighted by Crippen LogP contribution is 2.20. The van der Waals surface area contributed by atoms with Crippen molar-refractivity contribution in [2.45, 2.75) is 6.54 Å². The van der Waals surface area contributed by atoms with Gasteiger partial charge in [0.2, 0.25) is 0 Å². The summed E-state index contributed by atoms with van der Waals surface area (Å²) >= 11 is 8.28. The quantitative estimate of drug-likeness (QED) is 0.628. The van der Waals surface area contributed by atoms with Gasteiger partial charge in [0.1, 0.15) is 0 Å². The van der Waals surface area contributed by atoms with Crippen molar-refractivity contribution >= 4 is 34.2 Å². The summed E-state index contributed by atoms with van der Waals surface area (Å²) in [6.07, 6.45) is 0. The molecule has 0 aliphatic carbocycles. The monoisotopic (exact) mass is 311 g/mol. The first-order valence-electron chi connectivity index (χ1n) is 3.82. The molecule has 0 aromatic heterocycles. The van der Waals surface area contributed by atoms with Crippen LogP contribution in [0.25, 0.3) is 0 Å². The van der Waals surface area contributed by atoms with Crippen LogP contribution in [-0.2, 0) is 11.4 Å². The molecule has 0 bridgehead atoms. The average molecular weight is 312 g/mol. The molecule has 1 rings (SSSR count). The second-order valence-corrected chi connectivity index (χ2v) is 4.36. The van der Waals surface area contributed by atoms with Crippen LogP contribution in [0.15, 0.2) is 18.2 Å². The lowest BCUT2D eigenvalue weighted by molar-refractivity contribution is -0.116. The van der Waals surface area contributed by atoms with E-state index < -0.39 is 0 Å². The topological polar surface area (TPSA) is 12.5 Å². The number of halogens is 2. The van der Waals surface area contributed by atoms with Gasteiger partial charge in [-0.25, -0.2) is 0 Å². The first-order valence-corrected chi connectivity index (χ1v) is 5.28. The molecule has 0 aliphatic rings. The van der Waals surface area contributed by atoms with Crippen LogP contribution < -0.4 is 0 Å². The van der Waals surface area contributed by atoms with Gasteiger partial charge >= 0.3 is 0 Å². The predicted octanol–water partition coefficient (Wildman–Crippen LogP) is 2.94. The zero-order valence-electron chi connectivity index (χ0n) is 7.55. The molecule has 1 aromatic rings. The Bertz CT molecular complexity index is 293. The van der Waals surface area contributed by atoms with Gasteiger partial charge in [-0.15, -0.1) is 0 Å². The maximum absolute atomic E-state index is 6.04. The zero-order chi connectivity index (χ0) is 9.84. The molecule has 0 spiro atoms. The average Bonchev–Trinajstić information content (AvgIpc) is 2.09. The summed E-state index contributed by atoms with van der Waals surface area (Å²) in [7, 11) is 3.51. The molecule has 0 N–H and O–H groups in total.